The van der Waals surface area contributed by atoms with Gasteiger partial charge in [0, 0.05) is 4.88 Å². The Kier molecular flexibility index (Phi) is 6.19. The molecule has 0 aliphatic heterocycles. The molecule has 0 saturated heterocycles. The van der Waals surface area contributed by atoms with Gasteiger partial charge in [0.15, 0.2) is 5.16 Å². The van der Waals surface area contributed by atoms with Crippen molar-refractivity contribution in [1.82, 2.24) is 14.8 Å². The van der Waals surface area contributed by atoms with Gasteiger partial charge < -0.3 is 15.6 Å². The molecule has 2 amide bonds. The van der Waals surface area contributed by atoms with Gasteiger partial charge in [-0.05, 0) is 43.7 Å². The number of aromatic nitrogens is 3. The fourth-order valence-electron chi connectivity index (χ4n) is 3.62. The van der Waals surface area contributed by atoms with Gasteiger partial charge in [0.25, 0.3) is 5.91 Å². The third kappa shape index (κ3) is 4.41. The molecule has 3 aromatic rings. The lowest BCUT2D eigenvalue weighted by atomic mass is 9.95. The van der Waals surface area contributed by atoms with E-state index in [2.05, 4.69) is 15.5 Å². The molecule has 3 N–H and O–H groups in total. The van der Waals surface area contributed by atoms with Crippen molar-refractivity contribution in [2.24, 2.45) is 5.73 Å². The van der Waals surface area contributed by atoms with Crippen molar-refractivity contribution in [3.63, 3.8) is 0 Å². The molecule has 0 radical (unpaired) electrons. The predicted octanol–water partition coefficient (Wildman–Crippen LogP) is 3.40. The SMILES string of the molecule is Cc1nnc(SCC(=O)Nc2sc3c(c2C(N)=O)CCCC3)n1Cc1ccccc1. The molecule has 2 aromatic heterocycles. The summed E-state index contributed by atoms with van der Waals surface area (Å²) in [6.45, 7) is 2.54. The topological polar surface area (TPSA) is 103 Å². The van der Waals surface area contributed by atoms with Crippen molar-refractivity contribution < 1.29 is 9.59 Å². The number of hydrogen-bond acceptors (Lipinski definition) is 6. The number of thioether (sulfide) groups is 1. The van der Waals surface area contributed by atoms with Gasteiger partial charge >= 0.3 is 0 Å². The highest BCUT2D eigenvalue weighted by Crippen LogP contribution is 2.38. The van der Waals surface area contributed by atoms with Gasteiger partial charge in [0.2, 0.25) is 5.91 Å². The van der Waals surface area contributed by atoms with E-state index >= 15 is 0 Å². The smallest absolute Gasteiger partial charge is 0.251 e. The number of nitrogens with one attached hydrogen (secondary N) is 1. The number of carbonyl (C=O) groups excluding carboxylic acids is 2. The zero-order chi connectivity index (χ0) is 21.1. The first-order valence-corrected chi connectivity index (χ1v) is 11.6. The number of primary amides is 1. The first-order chi connectivity index (χ1) is 14.5. The van der Waals surface area contributed by atoms with Crippen molar-refractivity contribution in [2.45, 2.75) is 44.3 Å². The molecule has 156 valence electrons. The number of benzene rings is 1. The van der Waals surface area contributed by atoms with Crippen LogP contribution in [0.1, 0.15) is 45.0 Å². The standard InChI is InChI=1S/C21H23N5O2S2/c1-13-24-25-21(26(13)11-14-7-3-2-4-8-14)29-12-17(27)23-20-18(19(22)28)15-9-5-6-10-16(15)30-20/h2-4,7-8H,5-6,9-12H2,1H3,(H2,22,28)(H,23,27). The molecule has 7 nitrogen and oxygen atoms in total. The molecule has 30 heavy (non-hydrogen) atoms. The lowest BCUT2D eigenvalue weighted by Gasteiger charge is -2.11. The maximum absolute atomic E-state index is 12.6. The summed E-state index contributed by atoms with van der Waals surface area (Å²) < 4.78 is 1.99. The Morgan fingerprint density at radius 1 is 1.20 bits per heavy atom. The molecule has 4 rings (SSSR count). The Morgan fingerprint density at radius 3 is 2.73 bits per heavy atom. The Balaban J connectivity index is 1.44. The van der Waals surface area contributed by atoms with Crippen LogP contribution in [0.5, 0.6) is 0 Å². The summed E-state index contributed by atoms with van der Waals surface area (Å²) in [4.78, 5) is 25.8. The van der Waals surface area contributed by atoms with Crippen LogP contribution in [0.15, 0.2) is 35.5 Å². The summed E-state index contributed by atoms with van der Waals surface area (Å²) in [5, 5.41) is 12.5. The minimum atomic E-state index is -0.476. The van der Waals surface area contributed by atoms with Gasteiger partial charge in [-0.15, -0.1) is 21.5 Å². The zero-order valence-corrected chi connectivity index (χ0v) is 18.3. The van der Waals surface area contributed by atoms with E-state index in [9.17, 15) is 9.59 Å². The molecule has 0 unspecified atom stereocenters. The second-order valence-electron chi connectivity index (χ2n) is 7.22. The number of aryl methyl sites for hydroxylation is 2. The van der Waals surface area contributed by atoms with E-state index in [-0.39, 0.29) is 11.7 Å². The van der Waals surface area contributed by atoms with Gasteiger partial charge in [-0.3, -0.25) is 9.59 Å². The van der Waals surface area contributed by atoms with Crippen LogP contribution in [0.2, 0.25) is 0 Å². The maximum Gasteiger partial charge on any atom is 0.251 e. The van der Waals surface area contributed by atoms with Crippen LogP contribution in [0.4, 0.5) is 5.00 Å². The Labute approximate surface area is 183 Å². The lowest BCUT2D eigenvalue weighted by molar-refractivity contribution is -0.113. The van der Waals surface area contributed by atoms with Crippen molar-refractivity contribution in [3.8, 4) is 0 Å². The molecule has 0 spiro atoms. The number of nitrogens with zero attached hydrogens (tertiary/aromatic N) is 3. The van der Waals surface area contributed by atoms with Crippen LogP contribution in [0.3, 0.4) is 0 Å². The Hall–Kier alpha value is -2.65. The van der Waals surface area contributed by atoms with Gasteiger partial charge in [-0.1, -0.05) is 42.1 Å². The van der Waals surface area contributed by atoms with Gasteiger partial charge in [0.05, 0.1) is 17.9 Å². The number of nitrogens with two attached hydrogens (primary N) is 1. The van der Waals surface area contributed by atoms with Gasteiger partial charge in [-0.2, -0.15) is 0 Å². The van der Waals surface area contributed by atoms with Crippen LogP contribution >= 0.6 is 23.1 Å². The highest BCUT2D eigenvalue weighted by Gasteiger charge is 2.25. The predicted molar refractivity (Wildman–Crippen MR) is 119 cm³/mol. The molecular weight excluding hydrogens is 418 g/mol. The van der Waals surface area contributed by atoms with E-state index in [0.717, 1.165) is 47.5 Å². The number of rotatable bonds is 7. The van der Waals surface area contributed by atoms with E-state index in [1.807, 2.05) is 41.8 Å². The number of thiophene rings is 1. The minimum Gasteiger partial charge on any atom is -0.365 e. The highest BCUT2D eigenvalue weighted by molar-refractivity contribution is 7.99. The van der Waals surface area contributed by atoms with Gasteiger partial charge in [-0.25, -0.2) is 0 Å². The van der Waals surface area contributed by atoms with Crippen LogP contribution in [0.25, 0.3) is 0 Å². The van der Waals surface area contributed by atoms with Crippen molar-refractivity contribution in [3.05, 3.63) is 57.7 Å². The fourth-order valence-corrected chi connectivity index (χ4v) is 5.72. The fraction of sp³-hybridized carbons (Fsp3) is 0.333. The monoisotopic (exact) mass is 441 g/mol. The summed E-state index contributed by atoms with van der Waals surface area (Å²) in [6.07, 6.45) is 3.93. The molecule has 9 heteroatoms. The molecule has 0 atom stereocenters. The number of hydrogen-bond donors (Lipinski definition) is 2. The second kappa shape index (κ2) is 9.01. The number of amides is 2. The molecule has 0 bridgehead atoms. The van der Waals surface area contributed by atoms with E-state index in [0.29, 0.717) is 22.3 Å². The summed E-state index contributed by atoms with van der Waals surface area (Å²) in [7, 11) is 0. The van der Waals surface area contributed by atoms with Crippen molar-refractivity contribution in [1.29, 1.82) is 0 Å². The van der Waals surface area contributed by atoms with Crippen LogP contribution < -0.4 is 11.1 Å². The number of anilines is 1. The zero-order valence-electron chi connectivity index (χ0n) is 16.7. The summed E-state index contributed by atoms with van der Waals surface area (Å²) >= 11 is 2.80. The number of carbonyl (C=O) groups is 2. The van der Waals surface area contributed by atoms with Crippen LogP contribution in [-0.4, -0.2) is 32.3 Å². The normalized spacial score (nSPS) is 13.1. The summed E-state index contributed by atoms with van der Waals surface area (Å²) in [6, 6.07) is 10.1. The van der Waals surface area contributed by atoms with Crippen molar-refractivity contribution in [2.75, 3.05) is 11.1 Å². The maximum atomic E-state index is 12.6. The Bertz CT molecular complexity index is 1070. The molecule has 1 aliphatic carbocycles. The molecular formula is C21H23N5O2S2. The Morgan fingerprint density at radius 2 is 1.97 bits per heavy atom. The van der Waals surface area contributed by atoms with E-state index in [1.165, 1.54) is 23.1 Å². The largest absolute Gasteiger partial charge is 0.365 e. The third-order valence-electron chi connectivity index (χ3n) is 5.09. The average molecular weight is 442 g/mol. The van der Waals surface area contributed by atoms with Gasteiger partial charge in [0.1, 0.15) is 10.8 Å². The first-order valence-electron chi connectivity index (χ1n) is 9.83. The average Bonchev–Trinajstić information content (AvgIpc) is 3.27. The first kappa shape index (κ1) is 20.6. The quantitative estimate of drug-likeness (QED) is 0.547. The molecule has 0 fully saturated rings. The third-order valence-corrected chi connectivity index (χ3v) is 7.26. The number of fused-ring (bicyclic) bond motifs is 1. The van der Waals surface area contributed by atoms with E-state index in [1.54, 1.807) is 0 Å². The second-order valence-corrected chi connectivity index (χ2v) is 9.27. The highest BCUT2D eigenvalue weighted by atomic mass is 32.2. The minimum absolute atomic E-state index is 0.174. The molecule has 1 aromatic carbocycles. The van der Waals surface area contributed by atoms with E-state index < -0.39 is 5.91 Å². The van der Waals surface area contributed by atoms with Crippen LogP contribution in [0, 0.1) is 6.92 Å². The van der Waals surface area contributed by atoms with E-state index in [4.69, 9.17) is 5.73 Å². The summed E-state index contributed by atoms with van der Waals surface area (Å²) in [5.41, 5.74) is 8.25. The lowest BCUT2D eigenvalue weighted by Crippen LogP contribution is -2.19. The molecule has 1 aliphatic rings. The molecule has 0 saturated carbocycles. The van der Waals surface area contributed by atoms with Crippen molar-refractivity contribution >= 4 is 39.9 Å². The van der Waals surface area contributed by atoms with Crippen LogP contribution in [-0.2, 0) is 24.2 Å². The molecule has 2 heterocycles. The summed E-state index contributed by atoms with van der Waals surface area (Å²) in [5.74, 6) is 0.306.